The molecule has 0 spiro atoms. The topological polar surface area (TPSA) is 58.1 Å². The van der Waals surface area contributed by atoms with Crippen LogP contribution in [0.15, 0.2) is 42.5 Å². The molecule has 1 atom stereocenters. The molecule has 1 aromatic heterocycles. The molecular weight excluding hydrogens is 360 g/mol. The molecule has 1 unspecified atom stereocenters. The maximum absolute atomic E-state index is 12.9. The number of benzene rings is 1. The van der Waals surface area contributed by atoms with Gasteiger partial charge in [0.05, 0.1) is 6.04 Å². The van der Waals surface area contributed by atoms with Crippen molar-refractivity contribution in [1.29, 1.82) is 0 Å². The van der Waals surface area contributed by atoms with Crippen LogP contribution in [0.2, 0.25) is 5.15 Å². The summed E-state index contributed by atoms with van der Waals surface area (Å²) < 4.78 is 0. The first-order valence-corrected chi connectivity index (χ1v) is 10.00. The highest BCUT2D eigenvalue weighted by molar-refractivity contribution is 6.29. The van der Waals surface area contributed by atoms with Crippen LogP contribution in [0.3, 0.4) is 0 Å². The van der Waals surface area contributed by atoms with E-state index in [1.54, 1.807) is 6.07 Å². The Balaban J connectivity index is 1.58. The van der Waals surface area contributed by atoms with Gasteiger partial charge in [0.2, 0.25) is 5.91 Å². The number of halogens is 1. The lowest BCUT2D eigenvalue weighted by atomic mass is 9.93. The maximum atomic E-state index is 12.9. The first-order valence-electron chi connectivity index (χ1n) is 9.62. The molecule has 2 aromatic rings. The van der Waals surface area contributed by atoms with Gasteiger partial charge >= 0.3 is 0 Å². The normalized spacial score (nSPS) is 16.4. The lowest BCUT2D eigenvalue weighted by Crippen LogP contribution is -2.42. The van der Waals surface area contributed by atoms with Crippen molar-refractivity contribution >= 4 is 23.3 Å². The van der Waals surface area contributed by atoms with Crippen LogP contribution in [-0.4, -0.2) is 29.2 Å². The van der Waals surface area contributed by atoms with E-state index in [1.807, 2.05) is 24.3 Å². The van der Waals surface area contributed by atoms with Gasteiger partial charge in [-0.2, -0.15) is 0 Å². The van der Waals surface area contributed by atoms with E-state index in [1.165, 1.54) is 5.56 Å². The zero-order chi connectivity index (χ0) is 19.2. The summed E-state index contributed by atoms with van der Waals surface area (Å²) in [6.45, 7) is 5.98. The first-order chi connectivity index (χ1) is 13.0. The molecule has 1 amide bonds. The fraction of sp³-hybridized carbons (Fsp3) is 0.476. The number of carbonyl (C=O) groups is 1. The van der Waals surface area contributed by atoms with Gasteiger partial charge in [0.25, 0.3) is 0 Å². The number of nitrogens with one attached hydrogen (secondary N) is 1. The molecule has 0 saturated carbocycles. The van der Waals surface area contributed by atoms with Crippen molar-refractivity contribution in [2.75, 3.05) is 18.0 Å². The second kappa shape index (κ2) is 9.18. The zero-order valence-electron chi connectivity index (χ0n) is 15.9. The molecule has 0 radical (unpaired) electrons. The largest absolute Gasteiger partial charge is 0.355 e. The molecule has 1 fully saturated rings. The molecule has 6 heteroatoms. The van der Waals surface area contributed by atoms with Crippen molar-refractivity contribution < 1.29 is 4.79 Å². The van der Waals surface area contributed by atoms with Gasteiger partial charge in [-0.25, -0.2) is 0 Å². The molecule has 3 rings (SSSR count). The summed E-state index contributed by atoms with van der Waals surface area (Å²) in [6, 6.07) is 13.9. The van der Waals surface area contributed by atoms with Crippen LogP contribution < -0.4 is 10.2 Å². The minimum atomic E-state index is 0.0416. The van der Waals surface area contributed by atoms with Gasteiger partial charge in [-0.15, -0.1) is 10.2 Å². The van der Waals surface area contributed by atoms with Gasteiger partial charge in [0.15, 0.2) is 11.0 Å². The van der Waals surface area contributed by atoms with Crippen molar-refractivity contribution in [2.45, 2.75) is 39.2 Å². The number of rotatable bonds is 6. The van der Waals surface area contributed by atoms with Crippen molar-refractivity contribution in [3.63, 3.8) is 0 Å². The Morgan fingerprint density at radius 1 is 1.15 bits per heavy atom. The van der Waals surface area contributed by atoms with Gasteiger partial charge in [-0.05, 0) is 42.9 Å². The van der Waals surface area contributed by atoms with Crippen LogP contribution >= 0.6 is 11.6 Å². The molecule has 144 valence electrons. The van der Waals surface area contributed by atoms with E-state index in [0.29, 0.717) is 11.1 Å². The third-order valence-electron chi connectivity index (χ3n) is 5.03. The number of hydrogen-bond donors (Lipinski definition) is 1. The zero-order valence-corrected chi connectivity index (χ0v) is 16.7. The van der Waals surface area contributed by atoms with E-state index in [9.17, 15) is 4.79 Å². The number of carbonyl (C=O) groups excluding carboxylic acids is 1. The second-order valence-corrected chi connectivity index (χ2v) is 7.96. The summed E-state index contributed by atoms with van der Waals surface area (Å²) in [5, 5.41) is 11.7. The molecule has 1 aliphatic rings. The molecule has 1 aromatic carbocycles. The van der Waals surface area contributed by atoms with Crippen LogP contribution in [0.25, 0.3) is 0 Å². The number of nitrogens with zero attached hydrogens (tertiary/aromatic N) is 3. The molecule has 0 aliphatic carbocycles. The Bertz CT molecular complexity index is 728. The predicted molar refractivity (Wildman–Crippen MR) is 109 cm³/mol. The second-order valence-electron chi connectivity index (χ2n) is 7.58. The van der Waals surface area contributed by atoms with Crippen molar-refractivity contribution in [2.24, 2.45) is 11.8 Å². The molecule has 1 saturated heterocycles. The first kappa shape index (κ1) is 19.6. The average Bonchev–Trinajstić information content (AvgIpc) is 2.68. The van der Waals surface area contributed by atoms with E-state index in [0.717, 1.165) is 38.2 Å². The molecule has 1 aliphatic heterocycles. The molecule has 1 N–H and O–H groups in total. The summed E-state index contributed by atoms with van der Waals surface area (Å²) in [7, 11) is 0. The van der Waals surface area contributed by atoms with Gasteiger partial charge in [-0.1, -0.05) is 55.8 Å². The number of piperidine rings is 1. The van der Waals surface area contributed by atoms with Crippen molar-refractivity contribution in [3.8, 4) is 0 Å². The molecule has 5 nitrogen and oxygen atoms in total. The van der Waals surface area contributed by atoms with Crippen LogP contribution in [0.1, 0.15) is 44.7 Å². The number of aromatic nitrogens is 2. The Morgan fingerprint density at radius 3 is 2.44 bits per heavy atom. The molecule has 27 heavy (non-hydrogen) atoms. The average molecular weight is 387 g/mol. The predicted octanol–water partition coefficient (Wildman–Crippen LogP) is 4.25. The van der Waals surface area contributed by atoms with E-state index >= 15 is 0 Å². The quantitative estimate of drug-likeness (QED) is 0.806. The Labute approximate surface area is 166 Å². The van der Waals surface area contributed by atoms with E-state index < -0.39 is 0 Å². The van der Waals surface area contributed by atoms with Gasteiger partial charge in [-0.3, -0.25) is 4.79 Å². The van der Waals surface area contributed by atoms with Crippen LogP contribution in [0.4, 0.5) is 5.82 Å². The Hall–Kier alpha value is -2.14. The highest BCUT2D eigenvalue weighted by Crippen LogP contribution is 2.25. The number of amides is 1. The third-order valence-corrected chi connectivity index (χ3v) is 5.23. The standard InChI is InChI=1S/C21H27ClN4O/c1-15(2)14-18(16-6-4-3-5-7-16)23-21(27)17-10-12-26(13-11-17)20-9-8-19(22)24-25-20/h3-9,15,17-18H,10-14H2,1-2H3,(H,23,27). The van der Waals surface area contributed by atoms with Crippen molar-refractivity contribution in [1.82, 2.24) is 15.5 Å². The van der Waals surface area contributed by atoms with Gasteiger partial charge < -0.3 is 10.2 Å². The van der Waals surface area contributed by atoms with Gasteiger partial charge in [0.1, 0.15) is 0 Å². The van der Waals surface area contributed by atoms with Gasteiger partial charge in [0, 0.05) is 19.0 Å². The minimum Gasteiger partial charge on any atom is -0.355 e. The van der Waals surface area contributed by atoms with E-state index in [4.69, 9.17) is 11.6 Å². The summed E-state index contributed by atoms with van der Waals surface area (Å²) in [5.74, 6) is 1.53. The summed E-state index contributed by atoms with van der Waals surface area (Å²) in [5.41, 5.74) is 1.17. The maximum Gasteiger partial charge on any atom is 0.223 e. The fourth-order valence-corrected chi connectivity index (χ4v) is 3.67. The summed E-state index contributed by atoms with van der Waals surface area (Å²) >= 11 is 5.81. The minimum absolute atomic E-state index is 0.0416. The number of hydrogen-bond acceptors (Lipinski definition) is 4. The van der Waals surface area contributed by atoms with Crippen LogP contribution in [0.5, 0.6) is 0 Å². The lowest BCUT2D eigenvalue weighted by molar-refractivity contribution is -0.126. The Kier molecular flexibility index (Phi) is 6.67. The van der Waals surface area contributed by atoms with Crippen molar-refractivity contribution in [3.05, 3.63) is 53.2 Å². The Morgan fingerprint density at radius 2 is 1.85 bits per heavy atom. The molecule has 0 bridgehead atoms. The summed E-state index contributed by atoms with van der Waals surface area (Å²) in [6.07, 6.45) is 2.58. The fourth-order valence-electron chi connectivity index (χ4n) is 3.57. The highest BCUT2D eigenvalue weighted by Gasteiger charge is 2.27. The monoisotopic (exact) mass is 386 g/mol. The highest BCUT2D eigenvalue weighted by atomic mass is 35.5. The lowest BCUT2D eigenvalue weighted by Gasteiger charge is -2.33. The van der Waals surface area contributed by atoms with Crippen LogP contribution in [-0.2, 0) is 4.79 Å². The molecular formula is C21H27ClN4O. The number of anilines is 1. The third kappa shape index (κ3) is 5.42. The summed E-state index contributed by atoms with van der Waals surface area (Å²) in [4.78, 5) is 15.0. The van der Waals surface area contributed by atoms with Crippen LogP contribution in [0, 0.1) is 11.8 Å². The van der Waals surface area contributed by atoms with E-state index in [2.05, 4.69) is 46.4 Å². The van der Waals surface area contributed by atoms with E-state index in [-0.39, 0.29) is 17.9 Å². The smallest absolute Gasteiger partial charge is 0.223 e. The molecule has 2 heterocycles. The SMILES string of the molecule is CC(C)CC(NC(=O)C1CCN(c2ccc(Cl)nn2)CC1)c1ccccc1.